The molecule has 23 heavy (non-hydrogen) atoms. The minimum absolute atomic E-state index is 0.307. The van der Waals surface area contributed by atoms with Gasteiger partial charge in [-0.15, -0.1) is 0 Å². The highest BCUT2D eigenvalue weighted by molar-refractivity contribution is 6.20. The van der Waals surface area contributed by atoms with E-state index in [4.69, 9.17) is 0 Å². The quantitative estimate of drug-likeness (QED) is 0.387. The molecule has 0 spiro atoms. The molecule has 4 nitrogen and oxygen atoms in total. The van der Waals surface area contributed by atoms with Crippen molar-refractivity contribution in [1.29, 1.82) is 0 Å². The van der Waals surface area contributed by atoms with E-state index in [0.29, 0.717) is 12.0 Å². The number of carbonyl (C=O) groups excluding carboxylic acids is 2. The van der Waals surface area contributed by atoms with Crippen LogP contribution >= 0.6 is 0 Å². The third-order valence-electron chi connectivity index (χ3n) is 4.32. The highest BCUT2D eigenvalue weighted by atomic mass is 16.3. The molecule has 0 atom stereocenters. The molecule has 0 aliphatic heterocycles. The average Bonchev–Trinajstić information content (AvgIpc) is 2.55. The van der Waals surface area contributed by atoms with Crippen molar-refractivity contribution >= 4 is 11.6 Å². The predicted octanol–water partition coefficient (Wildman–Crippen LogP) is 5.09. The zero-order valence-corrected chi connectivity index (χ0v) is 14.3. The van der Waals surface area contributed by atoms with Gasteiger partial charge in [-0.25, -0.2) is 0 Å². The highest BCUT2D eigenvalue weighted by Gasteiger charge is 2.27. The highest BCUT2D eigenvalue weighted by Crippen LogP contribution is 2.21. The van der Waals surface area contributed by atoms with Crippen LogP contribution in [0.2, 0.25) is 0 Å². The van der Waals surface area contributed by atoms with Gasteiger partial charge >= 0.3 is 0 Å². The summed E-state index contributed by atoms with van der Waals surface area (Å²) in [5.41, 5.74) is 0.307. The normalized spacial score (nSPS) is 15.3. The summed E-state index contributed by atoms with van der Waals surface area (Å²) in [6.45, 7) is 2.23. The summed E-state index contributed by atoms with van der Waals surface area (Å²) < 4.78 is 0. The number of ketones is 2. The molecule has 4 heteroatoms. The number of hydrogen-bond donors (Lipinski definition) is 2. The number of rotatable bonds is 12. The maximum atomic E-state index is 11.7. The average molecular weight is 322 g/mol. The lowest BCUT2D eigenvalue weighted by atomic mass is 9.95. The molecule has 1 aliphatic rings. The van der Waals surface area contributed by atoms with Crippen LogP contribution in [-0.2, 0) is 9.59 Å². The lowest BCUT2D eigenvalue weighted by Gasteiger charge is -2.11. The van der Waals surface area contributed by atoms with E-state index in [1.165, 1.54) is 51.4 Å². The molecule has 0 saturated heterocycles. The number of unbranched alkanes of at least 4 members (excludes halogenated alkanes) is 10. The Morgan fingerprint density at radius 3 is 1.74 bits per heavy atom. The van der Waals surface area contributed by atoms with Crippen LogP contribution in [0.1, 0.15) is 84.0 Å². The summed E-state index contributed by atoms with van der Waals surface area (Å²) >= 11 is 0. The fourth-order valence-electron chi connectivity index (χ4n) is 2.83. The van der Waals surface area contributed by atoms with Gasteiger partial charge in [-0.3, -0.25) is 9.59 Å². The number of hydrogen-bond acceptors (Lipinski definition) is 4. The molecule has 0 aromatic heterocycles. The van der Waals surface area contributed by atoms with E-state index in [0.717, 1.165) is 25.3 Å². The number of aliphatic hydroxyl groups is 2. The molecule has 130 valence electrons. The van der Waals surface area contributed by atoms with E-state index >= 15 is 0 Å². The Balaban J connectivity index is 2.05. The van der Waals surface area contributed by atoms with Crippen LogP contribution in [0, 0.1) is 0 Å². The second-order valence-electron chi connectivity index (χ2n) is 6.35. The van der Waals surface area contributed by atoms with Crippen molar-refractivity contribution in [3.05, 3.63) is 23.2 Å². The van der Waals surface area contributed by atoms with Crippen LogP contribution in [0.3, 0.4) is 0 Å². The minimum Gasteiger partial charge on any atom is -0.501 e. The maximum Gasteiger partial charge on any atom is 0.227 e. The molecule has 0 unspecified atom stereocenters. The van der Waals surface area contributed by atoms with Crippen LogP contribution in [0.4, 0.5) is 0 Å². The van der Waals surface area contributed by atoms with Gasteiger partial charge in [0.15, 0.2) is 0 Å². The van der Waals surface area contributed by atoms with Gasteiger partial charge in [0.25, 0.3) is 0 Å². The molecule has 0 aromatic rings. The lowest BCUT2D eigenvalue weighted by Crippen LogP contribution is -2.19. The molecule has 0 bridgehead atoms. The van der Waals surface area contributed by atoms with E-state index in [9.17, 15) is 19.8 Å². The van der Waals surface area contributed by atoms with Crippen molar-refractivity contribution < 1.29 is 19.8 Å². The first-order chi connectivity index (χ1) is 11.1. The van der Waals surface area contributed by atoms with E-state index < -0.39 is 23.1 Å². The predicted molar refractivity (Wildman–Crippen MR) is 91.5 cm³/mol. The third-order valence-corrected chi connectivity index (χ3v) is 4.32. The van der Waals surface area contributed by atoms with Gasteiger partial charge in [-0.1, -0.05) is 71.1 Å². The number of carbonyl (C=O) groups is 2. The van der Waals surface area contributed by atoms with Gasteiger partial charge in [0, 0.05) is 5.57 Å². The van der Waals surface area contributed by atoms with Crippen molar-refractivity contribution in [2.24, 2.45) is 0 Å². The molecule has 0 aromatic carbocycles. The Labute approximate surface area is 139 Å². The van der Waals surface area contributed by atoms with Crippen LogP contribution in [0.25, 0.3) is 0 Å². The van der Waals surface area contributed by atoms with Crippen molar-refractivity contribution in [3.63, 3.8) is 0 Å². The van der Waals surface area contributed by atoms with Crippen LogP contribution in [0.15, 0.2) is 23.2 Å². The van der Waals surface area contributed by atoms with Crippen LogP contribution in [0.5, 0.6) is 0 Å². The van der Waals surface area contributed by atoms with Crippen molar-refractivity contribution in [3.8, 4) is 0 Å². The Bertz CT molecular complexity index is 460. The monoisotopic (exact) mass is 322 g/mol. The molecule has 0 saturated carbocycles. The second kappa shape index (κ2) is 11.0. The Kier molecular flexibility index (Phi) is 9.34. The zero-order chi connectivity index (χ0) is 17.1. The van der Waals surface area contributed by atoms with E-state index in [1.807, 2.05) is 0 Å². The van der Waals surface area contributed by atoms with Crippen molar-refractivity contribution in [2.45, 2.75) is 84.0 Å². The number of aliphatic hydroxyl groups excluding tert-OH is 2. The second-order valence-corrected chi connectivity index (χ2v) is 6.35. The molecule has 2 N–H and O–H groups in total. The SMILES string of the molecule is CCCCCCCCCCCCCC1=CC(=O)C(O)=C(O)C1=O. The zero-order valence-electron chi connectivity index (χ0n) is 14.3. The van der Waals surface area contributed by atoms with E-state index in [1.54, 1.807) is 0 Å². The lowest BCUT2D eigenvalue weighted by molar-refractivity contribution is -0.119. The fraction of sp³-hybridized carbons (Fsp3) is 0.684. The molecule has 1 aliphatic carbocycles. The van der Waals surface area contributed by atoms with Crippen LogP contribution < -0.4 is 0 Å². The topological polar surface area (TPSA) is 74.6 Å². The molecule has 1 rings (SSSR count). The van der Waals surface area contributed by atoms with Crippen molar-refractivity contribution in [2.75, 3.05) is 0 Å². The standard InChI is InChI=1S/C19H30O4/c1-2-3-4-5-6-7-8-9-10-11-12-13-15-14-16(20)18(22)19(23)17(15)21/h14,22-23H,2-13H2,1H3. The smallest absolute Gasteiger partial charge is 0.227 e. The summed E-state index contributed by atoms with van der Waals surface area (Å²) in [5.74, 6) is -2.94. The van der Waals surface area contributed by atoms with Gasteiger partial charge in [-0.05, 0) is 18.9 Å². The minimum atomic E-state index is -0.835. The molecule has 0 heterocycles. The summed E-state index contributed by atoms with van der Waals surface area (Å²) in [6, 6.07) is 0. The van der Waals surface area contributed by atoms with Gasteiger partial charge in [0.2, 0.25) is 23.1 Å². The van der Waals surface area contributed by atoms with Gasteiger partial charge in [-0.2, -0.15) is 0 Å². The fourth-order valence-corrected chi connectivity index (χ4v) is 2.83. The van der Waals surface area contributed by atoms with E-state index in [2.05, 4.69) is 6.92 Å². The van der Waals surface area contributed by atoms with Gasteiger partial charge in [0.05, 0.1) is 0 Å². The van der Waals surface area contributed by atoms with Crippen molar-refractivity contribution in [1.82, 2.24) is 0 Å². The number of allylic oxidation sites excluding steroid dienone is 2. The first-order valence-corrected chi connectivity index (χ1v) is 8.99. The molecular formula is C19H30O4. The first kappa shape index (κ1) is 19.5. The van der Waals surface area contributed by atoms with Gasteiger partial charge < -0.3 is 10.2 Å². The summed E-state index contributed by atoms with van der Waals surface area (Å²) in [4.78, 5) is 23.1. The van der Waals surface area contributed by atoms with Crippen LogP contribution in [-0.4, -0.2) is 21.8 Å². The molecular weight excluding hydrogens is 292 g/mol. The first-order valence-electron chi connectivity index (χ1n) is 8.99. The summed E-state index contributed by atoms with van der Waals surface area (Å²) in [6.07, 6.45) is 15.1. The molecule has 0 amide bonds. The Morgan fingerprint density at radius 1 is 0.739 bits per heavy atom. The van der Waals surface area contributed by atoms with E-state index in [-0.39, 0.29) is 0 Å². The summed E-state index contributed by atoms with van der Waals surface area (Å²) in [5, 5.41) is 18.6. The Morgan fingerprint density at radius 2 is 1.22 bits per heavy atom. The maximum absolute atomic E-state index is 11.7. The van der Waals surface area contributed by atoms with Gasteiger partial charge in [0.1, 0.15) is 0 Å². The largest absolute Gasteiger partial charge is 0.501 e. The Hall–Kier alpha value is -1.58. The third kappa shape index (κ3) is 7.02. The molecule has 0 fully saturated rings. The summed E-state index contributed by atoms with van der Waals surface area (Å²) in [7, 11) is 0. The molecule has 0 radical (unpaired) electrons. The number of Topliss-reactive ketones (excluding diaryl/α,β-unsaturated/α-hetero) is 1.